The van der Waals surface area contributed by atoms with Gasteiger partial charge in [0.15, 0.2) is 28.7 Å². The summed E-state index contributed by atoms with van der Waals surface area (Å²) in [5.41, 5.74) is 0.159. The molecule has 1 N–H and O–H groups in total. The highest BCUT2D eigenvalue weighted by molar-refractivity contribution is 6.33. The lowest BCUT2D eigenvalue weighted by Gasteiger charge is -2.15. The lowest BCUT2D eigenvalue weighted by atomic mass is 10.1. The zero-order chi connectivity index (χ0) is 15.7. The first-order chi connectivity index (χ1) is 10.6. The molecule has 8 heteroatoms. The van der Waals surface area contributed by atoms with Crippen LogP contribution in [-0.4, -0.2) is 36.6 Å². The number of carboxylic acid groups (broad SMARTS) is 1. The van der Waals surface area contributed by atoms with Crippen LogP contribution in [-0.2, 0) is 0 Å². The smallest absolute Gasteiger partial charge is 0.358 e. The van der Waals surface area contributed by atoms with E-state index in [4.69, 9.17) is 35.4 Å². The summed E-state index contributed by atoms with van der Waals surface area (Å²) in [4.78, 5) is 11.0. The Bertz CT molecular complexity index is 726. The number of rotatable bonds is 3. The van der Waals surface area contributed by atoms with Crippen LogP contribution < -0.4 is 14.2 Å². The van der Waals surface area contributed by atoms with Crippen molar-refractivity contribution < 1.29 is 28.6 Å². The van der Waals surface area contributed by atoms with Gasteiger partial charge in [0, 0.05) is 18.6 Å². The van der Waals surface area contributed by atoms with Gasteiger partial charge in [-0.25, -0.2) is 4.79 Å². The van der Waals surface area contributed by atoms with Crippen molar-refractivity contribution in [1.82, 2.24) is 5.16 Å². The summed E-state index contributed by atoms with van der Waals surface area (Å²) in [6.07, 6.45) is 0.713. The van der Waals surface area contributed by atoms with Crippen molar-refractivity contribution in [2.45, 2.75) is 6.42 Å². The highest BCUT2D eigenvalue weighted by Gasteiger charge is 2.27. The van der Waals surface area contributed by atoms with Crippen molar-refractivity contribution in [1.29, 1.82) is 0 Å². The predicted octanol–water partition coefficient (Wildman–Crippen LogP) is 2.86. The number of hydrogen-bond acceptors (Lipinski definition) is 6. The zero-order valence-corrected chi connectivity index (χ0v) is 12.3. The lowest BCUT2D eigenvalue weighted by molar-refractivity contribution is 0.0686. The van der Waals surface area contributed by atoms with E-state index < -0.39 is 5.97 Å². The molecule has 0 aliphatic carbocycles. The molecular weight excluding hydrogens is 314 g/mol. The summed E-state index contributed by atoms with van der Waals surface area (Å²) in [6.45, 7) is 0.941. The Morgan fingerprint density at radius 1 is 1.36 bits per heavy atom. The molecule has 0 unspecified atom stereocenters. The number of carboxylic acids is 1. The third kappa shape index (κ3) is 2.43. The largest absolute Gasteiger partial charge is 0.494 e. The number of benzene rings is 1. The fraction of sp³-hybridized carbons (Fsp3) is 0.286. The zero-order valence-electron chi connectivity index (χ0n) is 11.6. The second-order valence-corrected chi connectivity index (χ2v) is 4.93. The fourth-order valence-corrected chi connectivity index (χ4v) is 2.45. The molecule has 2 aromatic rings. The van der Waals surface area contributed by atoms with E-state index in [1.807, 2.05) is 0 Å². The van der Waals surface area contributed by atoms with Crippen LogP contribution in [0, 0.1) is 0 Å². The summed E-state index contributed by atoms with van der Waals surface area (Å²) in [7, 11) is 1.45. The number of ether oxygens (including phenoxy) is 3. The number of aromatic nitrogens is 1. The van der Waals surface area contributed by atoms with Crippen molar-refractivity contribution in [3.63, 3.8) is 0 Å². The van der Waals surface area contributed by atoms with Crippen molar-refractivity contribution in [3.8, 4) is 28.6 Å². The highest BCUT2D eigenvalue weighted by Crippen LogP contribution is 2.49. The molecule has 0 saturated heterocycles. The van der Waals surface area contributed by atoms with Crippen LogP contribution in [0.1, 0.15) is 16.9 Å². The van der Waals surface area contributed by atoms with E-state index in [2.05, 4.69) is 5.16 Å². The summed E-state index contributed by atoms with van der Waals surface area (Å²) in [5, 5.41) is 12.8. The molecular formula is C14H12ClNO6. The molecule has 22 heavy (non-hydrogen) atoms. The Morgan fingerprint density at radius 2 is 2.14 bits per heavy atom. The fourth-order valence-electron chi connectivity index (χ4n) is 2.17. The SMILES string of the molecule is COc1c(Cl)cc2c(c1-c1cc(C(=O)O)no1)OCCCO2. The second-order valence-electron chi connectivity index (χ2n) is 4.53. The summed E-state index contributed by atoms with van der Waals surface area (Å²) in [5.74, 6) is 0.134. The molecule has 1 aliphatic rings. The van der Waals surface area contributed by atoms with Gasteiger partial charge in [0.25, 0.3) is 0 Å². The number of nitrogens with zero attached hydrogens (tertiary/aromatic N) is 1. The molecule has 3 rings (SSSR count). The minimum atomic E-state index is -1.20. The number of carbonyl (C=O) groups is 1. The van der Waals surface area contributed by atoms with Crippen molar-refractivity contribution in [2.24, 2.45) is 0 Å². The summed E-state index contributed by atoms with van der Waals surface area (Å²) >= 11 is 6.20. The van der Waals surface area contributed by atoms with Crippen molar-refractivity contribution in [2.75, 3.05) is 20.3 Å². The van der Waals surface area contributed by atoms with Crippen LogP contribution in [0.2, 0.25) is 5.02 Å². The third-order valence-corrected chi connectivity index (χ3v) is 3.41. The van der Waals surface area contributed by atoms with E-state index in [0.29, 0.717) is 47.5 Å². The quantitative estimate of drug-likeness (QED) is 0.927. The van der Waals surface area contributed by atoms with Crippen LogP contribution in [0.5, 0.6) is 17.2 Å². The van der Waals surface area contributed by atoms with Gasteiger partial charge in [0.1, 0.15) is 5.56 Å². The molecule has 0 spiro atoms. The Balaban J connectivity index is 2.22. The van der Waals surface area contributed by atoms with Gasteiger partial charge in [0.05, 0.1) is 25.3 Å². The average molecular weight is 326 g/mol. The second kappa shape index (κ2) is 5.76. The Labute approximate surface area is 130 Å². The third-order valence-electron chi connectivity index (χ3n) is 3.13. The monoisotopic (exact) mass is 325 g/mol. The van der Waals surface area contributed by atoms with Crippen LogP contribution in [0.4, 0.5) is 0 Å². The molecule has 1 aromatic heterocycles. The molecule has 0 saturated carbocycles. The number of aromatic carboxylic acids is 1. The molecule has 0 radical (unpaired) electrons. The maximum absolute atomic E-state index is 11.0. The Kier molecular flexibility index (Phi) is 3.81. The van der Waals surface area contributed by atoms with Crippen LogP contribution in [0.25, 0.3) is 11.3 Å². The molecule has 0 fully saturated rings. The van der Waals surface area contributed by atoms with E-state index in [0.717, 1.165) is 0 Å². The molecule has 0 amide bonds. The normalized spacial score (nSPS) is 13.5. The van der Waals surface area contributed by atoms with Crippen LogP contribution in [0.15, 0.2) is 16.7 Å². The number of methoxy groups -OCH3 is 1. The molecule has 1 aliphatic heterocycles. The van der Waals surface area contributed by atoms with Gasteiger partial charge in [0.2, 0.25) is 0 Å². The topological polar surface area (TPSA) is 91.0 Å². The summed E-state index contributed by atoms with van der Waals surface area (Å²) < 4.78 is 21.7. The molecule has 7 nitrogen and oxygen atoms in total. The molecule has 116 valence electrons. The standard InChI is InChI=1S/C14H12ClNO6/c1-19-12-7(15)5-10-13(21-4-2-3-20-10)11(12)9-6-8(14(17)18)16-22-9/h5-6H,2-4H2,1H3,(H,17,18). The van der Waals surface area contributed by atoms with Gasteiger partial charge in [-0.05, 0) is 0 Å². The van der Waals surface area contributed by atoms with E-state index >= 15 is 0 Å². The minimum absolute atomic E-state index is 0.179. The Morgan fingerprint density at radius 3 is 2.82 bits per heavy atom. The van der Waals surface area contributed by atoms with Gasteiger partial charge in [-0.15, -0.1) is 0 Å². The van der Waals surface area contributed by atoms with E-state index in [9.17, 15) is 4.79 Å². The van der Waals surface area contributed by atoms with Gasteiger partial charge in [-0.1, -0.05) is 16.8 Å². The maximum atomic E-state index is 11.0. The molecule has 0 atom stereocenters. The van der Waals surface area contributed by atoms with Gasteiger partial charge in [-0.2, -0.15) is 0 Å². The van der Waals surface area contributed by atoms with Gasteiger partial charge >= 0.3 is 5.97 Å². The first kappa shape index (κ1) is 14.5. The highest BCUT2D eigenvalue weighted by atomic mass is 35.5. The molecule has 0 bridgehead atoms. The molecule has 1 aromatic carbocycles. The summed E-state index contributed by atoms with van der Waals surface area (Å²) in [6, 6.07) is 2.88. The first-order valence-electron chi connectivity index (χ1n) is 6.48. The van der Waals surface area contributed by atoms with E-state index in [-0.39, 0.29) is 11.5 Å². The van der Waals surface area contributed by atoms with E-state index in [1.54, 1.807) is 6.07 Å². The van der Waals surface area contributed by atoms with E-state index in [1.165, 1.54) is 13.2 Å². The minimum Gasteiger partial charge on any atom is -0.494 e. The number of halogens is 1. The first-order valence-corrected chi connectivity index (χ1v) is 6.86. The van der Waals surface area contributed by atoms with Crippen molar-refractivity contribution in [3.05, 3.63) is 22.8 Å². The number of fused-ring (bicyclic) bond motifs is 1. The van der Waals surface area contributed by atoms with Crippen LogP contribution >= 0.6 is 11.6 Å². The number of hydrogen-bond donors (Lipinski definition) is 1. The van der Waals surface area contributed by atoms with Crippen LogP contribution in [0.3, 0.4) is 0 Å². The Hall–Kier alpha value is -2.41. The lowest BCUT2D eigenvalue weighted by Crippen LogP contribution is -1.98. The predicted molar refractivity (Wildman–Crippen MR) is 76.1 cm³/mol. The average Bonchev–Trinajstić information content (AvgIpc) is 2.86. The van der Waals surface area contributed by atoms with Crippen molar-refractivity contribution >= 4 is 17.6 Å². The maximum Gasteiger partial charge on any atom is 0.358 e. The van der Waals surface area contributed by atoms with Gasteiger partial charge < -0.3 is 23.8 Å². The van der Waals surface area contributed by atoms with Gasteiger partial charge in [-0.3, -0.25) is 0 Å². The molecule has 2 heterocycles.